The van der Waals surface area contributed by atoms with Crippen molar-refractivity contribution in [3.8, 4) is 0 Å². The second-order valence-electron chi connectivity index (χ2n) is 4.55. The van der Waals surface area contributed by atoms with Gasteiger partial charge in [0.1, 0.15) is 5.82 Å². The van der Waals surface area contributed by atoms with Crippen molar-refractivity contribution in [1.29, 1.82) is 0 Å². The van der Waals surface area contributed by atoms with E-state index < -0.39 is 0 Å². The van der Waals surface area contributed by atoms with Gasteiger partial charge in [0.2, 0.25) is 0 Å². The van der Waals surface area contributed by atoms with Gasteiger partial charge in [-0.05, 0) is 32.0 Å². The van der Waals surface area contributed by atoms with Crippen LogP contribution >= 0.6 is 0 Å². The topological polar surface area (TPSA) is 71.3 Å². The number of hydrogen-bond donors (Lipinski definition) is 2. The molecule has 1 unspecified atom stereocenters. The standard InChI is InChI=1S/C12H15N5O/c1-8-15-16-11-6-9(3-5-17(8)11)12(18)14-10-2-4-13-7-10/h3,5-6,10,13H,2,4,7H2,1H3,(H,14,18). The number of carbonyl (C=O) groups is 1. The van der Waals surface area contributed by atoms with E-state index in [9.17, 15) is 4.79 Å². The van der Waals surface area contributed by atoms with Gasteiger partial charge in [0, 0.05) is 24.3 Å². The number of carbonyl (C=O) groups excluding carboxylic acids is 1. The second kappa shape index (κ2) is 4.38. The van der Waals surface area contributed by atoms with E-state index in [4.69, 9.17) is 0 Å². The molecule has 18 heavy (non-hydrogen) atoms. The summed E-state index contributed by atoms with van der Waals surface area (Å²) in [5.74, 6) is 0.767. The lowest BCUT2D eigenvalue weighted by atomic mass is 10.2. The fraction of sp³-hybridized carbons (Fsp3) is 0.417. The predicted molar refractivity (Wildman–Crippen MR) is 66.5 cm³/mol. The Kier molecular flexibility index (Phi) is 2.71. The average molecular weight is 245 g/mol. The summed E-state index contributed by atoms with van der Waals surface area (Å²) in [6.45, 7) is 3.69. The molecule has 0 spiro atoms. The molecule has 1 aliphatic heterocycles. The molecule has 1 saturated heterocycles. The molecule has 2 N–H and O–H groups in total. The SMILES string of the molecule is Cc1nnc2cc(C(=O)NC3CCNC3)ccn12. The first-order chi connectivity index (χ1) is 8.74. The number of aryl methyl sites for hydroxylation is 1. The normalized spacial score (nSPS) is 19.3. The lowest BCUT2D eigenvalue weighted by Gasteiger charge is -2.11. The van der Waals surface area contributed by atoms with Crippen molar-refractivity contribution >= 4 is 11.6 Å². The van der Waals surface area contributed by atoms with Gasteiger partial charge in [0.25, 0.3) is 5.91 Å². The largest absolute Gasteiger partial charge is 0.348 e. The van der Waals surface area contributed by atoms with Crippen molar-refractivity contribution in [3.63, 3.8) is 0 Å². The molecule has 1 fully saturated rings. The molecule has 0 bridgehead atoms. The summed E-state index contributed by atoms with van der Waals surface area (Å²) in [6, 6.07) is 3.78. The molecule has 6 nitrogen and oxygen atoms in total. The van der Waals surface area contributed by atoms with Gasteiger partial charge in [-0.1, -0.05) is 0 Å². The molecule has 0 aliphatic carbocycles. The first-order valence-corrected chi connectivity index (χ1v) is 6.07. The van der Waals surface area contributed by atoms with E-state index in [1.807, 2.05) is 17.5 Å². The molecular formula is C12H15N5O. The Morgan fingerprint density at radius 2 is 2.44 bits per heavy atom. The molecule has 0 aromatic carbocycles. The number of hydrogen-bond acceptors (Lipinski definition) is 4. The predicted octanol–water partition coefficient (Wildman–Crippen LogP) is 0.129. The third kappa shape index (κ3) is 1.95. The third-order valence-electron chi connectivity index (χ3n) is 3.24. The van der Waals surface area contributed by atoms with E-state index >= 15 is 0 Å². The zero-order valence-electron chi connectivity index (χ0n) is 10.2. The Hall–Kier alpha value is -1.95. The number of rotatable bonds is 2. The molecule has 1 aliphatic rings. The lowest BCUT2D eigenvalue weighted by molar-refractivity contribution is 0.0940. The van der Waals surface area contributed by atoms with Gasteiger partial charge >= 0.3 is 0 Å². The van der Waals surface area contributed by atoms with Gasteiger partial charge in [0.15, 0.2) is 5.65 Å². The molecule has 94 valence electrons. The van der Waals surface area contributed by atoms with Gasteiger partial charge in [-0.2, -0.15) is 0 Å². The summed E-state index contributed by atoms with van der Waals surface area (Å²) < 4.78 is 1.86. The minimum Gasteiger partial charge on any atom is -0.348 e. The van der Waals surface area contributed by atoms with Crippen molar-refractivity contribution in [1.82, 2.24) is 25.2 Å². The van der Waals surface area contributed by atoms with Crippen molar-refractivity contribution in [3.05, 3.63) is 29.7 Å². The highest BCUT2D eigenvalue weighted by atomic mass is 16.1. The maximum absolute atomic E-state index is 12.1. The van der Waals surface area contributed by atoms with E-state index in [0.29, 0.717) is 11.2 Å². The van der Waals surface area contributed by atoms with Gasteiger partial charge in [-0.3, -0.25) is 9.20 Å². The Labute approximate surface area is 104 Å². The Morgan fingerprint density at radius 1 is 1.56 bits per heavy atom. The molecule has 6 heteroatoms. The van der Waals surface area contributed by atoms with Gasteiger partial charge in [-0.25, -0.2) is 0 Å². The number of amides is 1. The van der Waals surface area contributed by atoms with Crippen LogP contribution in [0.15, 0.2) is 18.3 Å². The van der Waals surface area contributed by atoms with E-state index in [-0.39, 0.29) is 11.9 Å². The van der Waals surface area contributed by atoms with Crippen LogP contribution < -0.4 is 10.6 Å². The monoisotopic (exact) mass is 245 g/mol. The fourth-order valence-corrected chi connectivity index (χ4v) is 2.20. The molecule has 0 saturated carbocycles. The van der Waals surface area contributed by atoms with Crippen LogP contribution in [0.3, 0.4) is 0 Å². The molecule has 0 radical (unpaired) electrons. The van der Waals surface area contributed by atoms with E-state index in [2.05, 4.69) is 20.8 Å². The van der Waals surface area contributed by atoms with Crippen LogP contribution in [0.1, 0.15) is 22.6 Å². The highest BCUT2D eigenvalue weighted by Gasteiger charge is 2.17. The molecule has 3 heterocycles. The maximum atomic E-state index is 12.1. The average Bonchev–Trinajstić information content (AvgIpc) is 2.99. The quantitative estimate of drug-likeness (QED) is 0.789. The first-order valence-electron chi connectivity index (χ1n) is 6.07. The van der Waals surface area contributed by atoms with Gasteiger partial charge < -0.3 is 10.6 Å². The summed E-state index contributed by atoms with van der Waals surface area (Å²) in [5, 5.41) is 14.2. The summed E-state index contributed by atoms with van der Waals surface area (Å²) in [4.78, 5) is 12.1. The number of pyridine rings is 1. The zero-order valence-corrected chi connectivity index (χ0v) is 10.2. The molecule has 2 aromatic heterocycles. The number of nitrogens with zero attached hydrogens (tertiary/aromatic N) is 3. The number of aromatic nitrogens is 3. The highest BCUT2D eigenvalue weighted by Crippen LogP contribution is 2.08. The summed E-state index contributed by atoms with van der Waals surface area (Å²) >= 11 is 0. The molecule has 2 aromatic rings. The summed E-state index contributed by atoms with van der Waals surface area (Å²) in [5.41, 5.74) is 1.33. The number of nitrogens with one attached hydrogen (secondary N) is 2. The minimum absolute atomic E-state index is 0.0492. The Morgan fingerprint density at radius 3 is 3.22 bits per heavy atom. The van der Waals surface area contributed by atoms with Crippen LogP contribution in [0.25, 0.3) is 5.65 Å². The van der Waals surface area contributed by atoms with Crippen LogP contribution in [0.2, 0.25) is 0 Å². The van der Waals surface area contributed by atoms with Crippen LogP contribution in [-0.4, -0.2) is 39.6 Å². The summed E-state index contributed by atoms with van der Waals surface area (Å²) in [6.07, 6.45) is 2.81. The van der Waals surface area contributed by atoms with Crippen molar-refractivity contribution in [2.45, 2.75) is 19.4 Å². The second-order valence-corrected chi connectivity index (χ2v) is 4.55. The van der Waals surface area contributed by atoms with E-state index in [1.165, 1.54) is 0 Å². The highest BCUT2D eigenvalue weighted by molar-refractivity contribution is 5.95. The summed E-state index contributed by atoms with van der Waals surface area (Å²) in [7, 11) is 0. The third-order valence-corrected chi connectivity index (χ3v) is 3.24. The van der Waals surface area contributed by atoms with Crippen molar-refractivity contribution in [2.24, 2.45) is 0 Å². The Bertz CT molecular complexity index is 585. The lowest BCUT2D eigenvalue weighted by Crippen LogP contribution is -2.36. The van der Waals surface area contributed by atoms with Crippen molar-refractivity contribution < 1.29 is 4.79 Å². The van der Waals surface area contributed by atoms with E-state index in [1.54, 1.807) is 12.1 Å². The molecule has 1 amide bonds. The van der Waals surface area contributed by atoms with Crippen LogP contribution in [0.5, 0.6) is 0 Å². The minimum atomic E-state index is -0.0492. The van der Waals surface area contributed by atoms with Crippen LogP contribution in [-0.2, 0) is 0 Å². The molecule has 3 rings (SSSR count). The van der Waals surface area contributed by atoms with Crippen molar-refractivity contribution in [2.75, 3.05) is 13.1 Å². The van der Waals surface area contributed by atoms with E-state index in [0.717, 1.165) is 25.3 Å². The fourth-order valence-electron chi connectivity index (χ4n) is 2.20. The first kappa shape index (κ1) is 11.2. The van der Waals surface area contributed by atoms with Crippen LogP contribution in [0, 0.1) is 6.92 Å². The van der Waals surface area contributed by atoms with Gasteiger partial charge in [-0.15, -0.1) is 10.2 Å². The van der Waals surface area contributed by atoms with Gasteiger partial charge in [0.05, 0.1) is 0 Å². The Balaban J connectivity index is 1.82. The molecular weight excluding hydrogens is 230 g/mol. The smallest absolute Gasteiger partial charge is 0.251 e. The number of fused-ring (bicyclic) bond motifs is 1. The van der Waals surface area contributed by atoms with Crippen LogP contribution in [0.4, 0.5) is 0 Å². The maximum Gasteiger partial charge on any atom is 0.251 e. The zero-order chi connectivity index (χ0) is 12.5. The molecule has 1 atom stereocenters.